The van der Waals surface area contributed by atoms with E-state index >= 15 is 0 Å². The van der Waals surface area contributed by atoms with Crippen molar-refractivity contribution in [3.63, 3.8) is 0 Å². The predicted octanol–water partition coefficient (Wildman–Crippen LogP) is 6.96. The standard InChI is InChI=1S/C27H58NO5P/c1-7-8-9-10-11-12-13-14-15-16-17-18-19-20-22-31-24-27(26(2)3)25-33-34(29,30)32-23-21-28(4,5)6/h26-27H,7-25H2,1-6H3. The van der Waals surface area contributed by atoms with Gasteiger partial charge < -0.3 is 23.2 Å². The van der Waals surface area contributed by atoms with Gasteiger partial charge in [0.25, 0.3) is 7.82 Å². The van der Waals surface area contributed by atoms with E-state index in [0.717, 1.165) is 13.0 Å². The highest BCUT2D eigenvalue weighted by Crippen LogP contribution is 2.39. The average Bonchev–Trinajstić information content (AvgIpc) is 2.74. The quantitative estimate of drug-likeness (QED) is 0.0759. The van der Waals surface area contributed by atoms with Crippen LogP contribution in [-0.2, 0) is 18.3 Å². The molecule has 6 nitrogen and oxygen atoms in total. The smallest absolute Gasteiger partial charge is 0.268 e. The van der Waals surface area contributed by atoms with E-state index in [0.29, 0.717) is 17.6 Å². The molecule has 0 N–H and O–H groups in total. The Bertz CT molecular complexity index is 496. The Morgan fingerprint density at radius 2 is 1.18 bits per heavy atom. The maximum Gasteiger partial charge on any atom is 0.268 e. The lowest BCUT2D eigenvalue weighted by Gasteiger charge is -2.29. The highest BCUT2D eigenvalue weighted by Gasteiger charge is 2.19. The number of unbranched alkanes of at least 4 members (excludes halogenated alkanes) is 13. The zero-order valence-corrected chi connectivity index (χ0v) is 24.4. The van der Waals surface area contributed by atoms with E-state index in [4.69, 9.17) is 13.8 Å². The van der Waals surface area contributed by atoms with E-state index in [2.05, 4.69) is 20.8 Å². The van der Waals surface area contributed by atoms with Crippen LogP contribution < -0.4 is 4.89 Å². The van der Waals surface area contributed by atoms with Crippen LogP contribution in [0.25, 0.3) is 0 Å². The van der Waals surface area contributed by atoms with Crippen molar-refractivity contribution < 1.29 is 27.7 Å². The summed E-state index contributed by atoms with van der Waals surface area (Å²) in [6.07, 6.45) is 18.8. The van der Waals surface area contributed by atoms with Crippen molar-refractivity contribution >= 4 is 7.82 Å². The second-order valence-corrected chi connectivity index (χ2v) is 12.7. The number of likely N-dealkylation sites (N-methyl/N-ethyl adjacent to an activating group) is 1. The van der Waals surface area contributed by atoms with Gasteiger partial charge in [-0.05, 0) is 12.3 Å². The normalized spacial score (nSPS) is 15.1. The van der Waals surface area contributed by atoms with Gasteiger partial charge in [-0.1, -0.05) is 104 Å². The van der Waals surface area contributed by atoms with Crippen molar-refractivity contribution in [2.45, 2.75) is 111 Å². The van der Waals surface area contributed by atoms with Crippen molar-refractivity contribution in [1.82, 2.24) is 0 Å². The third-order valence-corrected chi connectivity index (χ3v) is 7.34. The Hall–Kier alpha value is 0.0300. The van der Waals surface area contributed by atoms with E-state index in [1.165, 1.54) is 83.5 Å². The lowest BCUT2D eigenvalue weighted by Crippen LogP contribution is -2.37. The van der Waals surface area contributed by atoms with Gasteiger partial charge in [-0.3, -0.25) is 4.57 Å². The molecule has 0 rings (SSSR count). The Balaban J connectivity index is 3.67. The molecular formula is C27H58NO5P. The molecule has 0 radical (unpaired) electrons. The minimum Gasteiger partial charge on any atom is -0.756 e. The minimum absolute atomic E-state index is 0.0379. The summed E-state index contributed by atoms with van der Waals surface area (Å²) in [6, 6.07) is 0. The third-order valence-electron chi connectivity index (χ3n) is 6.38. The summed E-state index contributed by atoms with van der Waals surface area (Å²) in [4.78, 5) is 12.0. The molecule has 0 spiro atoms. The van der Waals surface area contributed by atoms with Gasteiger partial charge in [0.05, 0.1) is 34.4 Å². The van der Waals surface area contributed by atoms with Crippen LogP contribution in [0.4, 0.5) is 0 Å². The first-order valence-electron chi connectivity index (χ1n) is 14.1. The van der Waals surface area contributed by atoms with Gasteiger partial charge in [0.2, 0.25) is 0 Å². The van der Waals surface area contributed by atoms with E-state index in [1.54, 1.807) is 0 Å². The van der Waals surface area contributed by atoms with Crippen LogP contribution in [0.5, 0.6) is 0 Å². The Labute approximate surface area is 212 Å². The van der Waals surface area contributed by atoms with Crippen LogP contribution in [-0.4, -0.2) is 58.6 Å². The summed E-state index contributed by atoms with van der Waals surface area (Å²) in [5.74, 6) is 0.318. The van der Waals surface area contributed by atoms with E-state index in [1.807, 2.05) is 21.1 Å². The molecule has 0 heterocycles. The summed E-state index contributed by atoms with van der Waals surface area (Å²) in [7, 11) is 1.71. The number of hydrogen-bond donors (Lipinski definition) is 0. The molecule has 0 amide bonds. The van der Waals surface area contributed by atoms with Gasteiger partial charge in [0.15, 0.2) is 0 Å². The maximum atomic E-state index is 12.0. The van der Waals surface area contributed by atoms with Crippen molar-refractivity contribution in [2.24, 2.45) is 11.8 Å². The highest BCUT2D eigenvalue weighted by molar-refractivity contribution is 7.45. The Morgan fingerprint density at radius 1 is 0.706 bits per heavy atom. The minimum atomic E-state index is -4.26. The van der Waals surface area contributed by atoms with Gasteiger partial charge in [0.1, 0.15) is 13.2 Å². The zero-order chi connectivity index (χ0) is 25.7. The molecule has 0 saturated carbocycles. The summed E-state index contributed by atoms with van der Waals surface area (Å²) in [5, 5.41) is 0. The second kappa shape index (κ2) is 21.1. The number of quaternary nitrogens is 1. The number of rotatable bonds is 25. The third kappa shape index (κ3) is 23.8. The summed E-state index contributed by atoms with van der Waals surface area (Å²) < 4.78 is 28.6. The van der Waals surface area contributed by atoms with Gasteiger partial charge >= 0.3 is 0 Å². The lowest BCUT2D eigenvalue weighted by molar-refractivity contribution is -0.870. The Morgan fingerprint density at radius 3 is 1.62 bits per heavy atom. The number of nitrogens with zero attached hydrogens (tertiary/aromatic N) is 1. The van der Waals surface area contributed by atoms with E-state index in [-0.39, 0.29) is 25.0 Å². The predicted molar refractivity (Wildman–Crippen MR) is 142 cm³/mol. The fourth-order valence-corrected chi connectivity index (χ4v) is 4.47. The first-order chi connectivity index (χ1) is 16.1. The zero-order valence-electron chi connectivity index (χ0n) is 23.5. The Kier molecular flexibility index (Phi) is 21.2. The molecular weight excluding hydrogens is 449 g/mol. The van der Waals surface area contributed by atoms with E-state index in [9.17, 15) is 9.46 Å². The molecule has 0 saturated heterocycles. The number of hydrogen-bond acceptors (Lipinski definition) is 5. The van der Waals surface area contributed by atoms with E-state index < -0.39 is 7.82 Å². The topological polar surface area (TPSA) is 67.8 Å². The van der Waals surface area contributed by atoms with Crippen molar-refractivity contribution in [2.75, 3.05) is 54.1 Å². The molecule has 0 aromatic heterocycles. The fourth-order valence-electron chi connectivity index (χ4n) is 3.72. The van der Waals surface area contributed by atoms with Gasteiger partial charge in [-0.15, -0.1) is 0 Å². The summed E-state index contributed by atoms with van der Waals surface area (Å²) in [5.41, 5.74) is 0. The van der Waals surface area contributed by atoms with Crippen molar-refractivity contribution in [1.29, 1.82) is 0 Å². The first kappa shape index (κ1) is 34.0. The largest absolute Gasteiger partial charge is 0.756 e. The fraction of sp³-hybridized carbons (Fsp3) is 1.00. The first-order valence-corrected chi connectivity index (χ1v) is 15.5. The molecule has 0 fully saturated rings. The van der Waals surface area contributed by atoms with Gasteiger partial charge in [-0.25, -0.2) is 0 Å². The lowest BCUT2D eigenvalue weighted by atomic mass is 9.98. The molecule has 0 aliphatic rings. The highest BCUT2D eigenvalue weighted by atomic mass is 31.2. The number of phosphoric acid groups is 1. The molecule has 0 bridgehead atoms. The second-order valence-electron chi connectivity index (χ2n) is 11.3. The number of ether oxygens (including phenoxy) is 1. The molecule has 0 aliphatic heterocycles. The van der Waals surface area contributed by atoms with Crippen LogP contribution in [0.3, 0.4) is 0 Å². The molecule has 0 aromatic carbocycles. The van der Waals surface area contributed by atoms with Gasteiger partial charge in [-0.2, -0.15) is 0 Å². The van der Waals surface area contributed by atoms with Crippen LogP contribution in [0.1, 0.15) is 111 Å². The molecule has 2 unspecified atom stereocenters. The monoisotopic (exact) mass is 507 g/mol. The molecule has 7 heteroatoms. The molecule has 206 valence electrons. The number of phosphoric ester groups is 1. The SMILES string of the molecule is CCCCCCCCCCCCCCCCOCC(COP(=O)([O-])OCC[N+](C)(C)C)C(C)C. The van der Waals surface area contributed by atoms with Crippen LogP contribution in [0, 0.1) is 11.8 Å². The van der Waals surface area contributed by atoms with Crippen LogP contribution in [0.15, 0.2) is 0 Å². The average molecular weight is 508 g/mol. The molecule has 0 aliphatic carbocycles. The van der Waals surface area contributed by atoms with Crippen LogP contribution >= 0.6 is 7.82 Å². The molecule has 2 atom stereocenters. The molecule has 0 aromatic rings. The summed E-state index contributed by atoms with van der Waals surface area (Å²) >= 11 is 0. The molecule has 34 heavy (non-hydrogen) atoms. The van der Waals surface area contributed by atoms with Gasteiger partial charge in [0, 0.05) is 12.5 Å². The summed E-state index contributed by atoms with van der Waals surface area (Å²) in [6.45, 7) is 8.51. The maximum absolute atomic E-state index is 12.0. The van der Waals surface area contributed by atoms with Crippen molar-refractivity contribution in [3.05, 3.63) is 0 Å². The van der Waals surface area contributed by atoms with Crippen molar-refractivity contribution in [3.8, 4) is 0 Å². The van der Waals surface area contributed by atoms with Crippen LogP contribution in [0.2, 0.25) is 0 Å².